The molecule has 1 heterocycles. The monoisotopic (exact) mass is 553 g/mol. The van der Waals surface area contributed by atoms with Gasteiger partial charge in [-0.15, -0.1) is 0 Å². The van der Waals surface area contributed by atoms with E-state index in [1.54, 1.807) is 29.2 Å². The Kier molecular flexibility index (Phi) is 8.54. The zero-order chi connectivity index (χ0) is 28.4. The van der Waals surface area contributed by atoms with Crippen LogP contribution in [-0.2, 0) is 14.8 Å². The maximum Gasteiger partial charge on any atom is 0.410 e. The second-order valence-corrected chi connectivity index (χ2v) is 13.0. The highest BCUT2D eigenvalue weighted by atomic mass is 32.2. The molecule has 0 aliphatic carbocycles. The van der Waals surface area contributed by atoms with Crippen LogP contribution in [0.2, 0.25) is 0 Å². The normalized spacial score (nSPS) is 16.6. The van der Waals surface area contributed by atoms with Gasteiger partial charge in [-0.1, -0.05) is 48.5 Å². The lowest BCUT2D eigenvalue weighted by Gasteiger charge is -2.35. The summed E-state index contributed by atoms with van der Waals surface area (Å²) >= 11 is 0. The van der Waals surface area contributed by atoms with Crippen LogP contribution in [0, 0.1) is 12.8 Å². The van der Waals surface area contributed by atoms with E-state index in [4.69, 9.17) is 4.74 Å². The first-order chi connectivity index (χ1) is 18.4. The van der Waals surface area contributed by atoms with Gasteiger partial charge in [0.25, 0.3) is 0 Å². The zero-order valence-corrected chi connectivity index (χ0v) is 24.1. The van der Waals surface area contributed by atoms with Crippen molar-refractivity contribution in [3.63, 3.8) is 0 Å². The first-order valence-corrected chi connectivity index (χ1v) is 14.9. The minimum Gasteiger partial charge on any atom is -0.444 e. The molecule has 1 saturated heterocycles. The minimum absolute atomic E-state index is 0.0925. The Balaban J connectivity index is 1.48. The van der Waals surface area contributed by atoms with E-state index in [1.807, 2.05) is 71.0 Å². The SMILES string of the molecule is Cc1ccccc1C(O)Nc1ccc(S(=O)(=O)NC(C)C2CCN(C(=O)OC(C)(C)C)CC2)c2ccccc12. The van der Waals surface area contributed by atoms with Crippen molar-refractivity contribution in [2.75, 3.05) is 18.4 Å². The van der Waals surface area contributed by atoms with Crippen molar-refractivity contribution < 1.29 is 23.1 Å². The van der Waals surface area contributed by atoms with Crippen LogP contribution in [0.5, 0.6) is 0 Å². The van der Waals surface area contributed by atoms with Crippen molar-refractivity contribution in [2.24, 2.45) is 5.92 Å². The Bertz CT molecular complexity index is 1430. The van der Waals surface area contributed by atoms with E-state index < -0.39 is 21.9 Å². The minimum atomic E-state index is -3.84. The van der Waals surface area contributed by atoms with Gasteiger partial charge >= 0.3 is 6.09 Å². The number of amides is 1. The molecule has 210 valence electrons. The molecule has 4 rings (SSSR count). The van der Waals surface area contributed by atoms with Crippen LogP contribution in [-0.4, -0.2) is 49.2 Å². The molecule has 39 heavy (non-hydrogen) atoms. The second kappa shape index (κ2) is 11.5. The smallest absolute Gasteiger partial charge is 0.410 e. The van der Waals surface area contributed by atoms with Crippen LogP contribution >= 0.6 is 0 Å². The zero-order valence-electron chi connectivity index (χ0n) is 23.3. The van der Waals surface area contributed by atoms with E-state index in [0.717, 1.165) is 11.1 Å². The van der Waals surface area contributed by atoms with Gasteiger partial charge in [-0.25, -0.2) is 17.9 Å². The summed E-state index contributed by atoms with van der Waals surface area (Å²) in [6.45, 7) is 10.4. The Morgan fingerprint density at radius 2 is 1.62 bits per heavy atom. The average Bonchev–Trinajstić information content (AvgIpc) is 2.87. The molecule has 1 aliphatic rings. The molecule has 0 bridgehead atoms. The largest absolute Gasteiger partial charge is 0.444 e. The molecule has 9 heteroatoms. The molecular weight excluding hydrogens is 514 g/mol. The number of benzene rings is 3. The van der Waals surface area contributed by atoms with Crippen LogP contribution in [0.4, 0.5) is 10.5 Å². The van der Waals surface area contributed by atoms with E-state index in [9.17, 15) is 18.3 Å². The summed E-state index contributed by atoms with van der Waals surface area (Å²) in [6.07, 6.45) is 0.0933. The summed E-state index contributed by atoms with van der Waals surface area (Å²) in [5.41, 5.74) is 1.80. The first kappa shape index (κ1) is 28.9. The topological polar surface area (TPSA) is 108 Å². The fourth-order valence-electron chi connectivity index (χ4n) is 5.06. The van der Waals surface area contributed by atoms with Crippen LogP contribution in [0.3, 0.4) is 0 Å². The van der Waals surface area contributed by atoms with E-state index in [2.05, 4.69) is 10.0 Å². The lowest BCUT2D eigenvalue weighted by atomic mass is 9.91. The van der Waals surface area contributed by atoms with Crippen molar-refractivity contribution >= 4 is 32.6 Å². The molecule has 8 nitrogen and oxygen atoms in total. The van der Waals surface area contributed by atoms with Crippen LogP contribution < -0.4 is 10.0 Å². The summed E-state index contributed by atoms with van der Waals surface area (Å²) < 4.78 is 35.5. The van der Waals surface area contributed by atoms with Crippen LogP contribution in [0.1, 0.15) is 57.9 Å². The number of aliphatic hydroxyl groups is 1. The number of aryl methyl sites for hydroxylation is 1. The maximum absolute atomic E-state index is 13.6. The number of likely N-dealkylation sites (tertiary alicyclic amines) is 1. The number of piperidine rings is 1. The molecule has 3 N–H and O–H groups in total. The molecule has 0 radical (unpaired) electrons. The van der Waals surface area contributed by atoms with Crippen molar-refractivity contribution in [3.05, 3.63) is 71.8 Å². The number of carbonyl (C=O) groups is 1. The third kappa shape index (κ3) is 6.90. The second-order valence-electron chi connectivity index (χ2n) is 11.3. The van der Waals surface area contributed by atoms with Gasteiger partial charge in [0.1, 0.15) is 5.60 Å². The number of carbonyl (C=O) groups excluding carboxylic acids is 1. The van der Waals surface area contributed by atoms with Crippen LogP contribution in [0.25, 0.3) is 10.8 Å². The summed E-state index contributed by atoms with van der Waals surface area (Å²) in [6, 6.07) is 17.8. The van der Waals surface area contributed by atoms with Crippen molar-refractivity contribution in [1.29, 1.82) is 0 Å². The molecule has 3 aromatic rings. The lowest BCUT2D eigenvalue weighted by Crippen LogP contribution is -2.46. The number of fused-ring (bicyclic) bond motifs is 1. The molecule has 3 aromatic carbocycles. The third-order valence-corrected chi connectivity index (χ3v) is 8.81. The van der Waals surface area contributed by atoms with Gasteiger partial charge in [-0.2, -0.15) is 0 Å². The first-order valence-electron chi connectivity index (χ1n) is 13.4. The van der Waals surface area contributed by atoms with Gasteiger partial charge in [0.05, 0.1) is 4.90 Å². The standard InChI is InChI=1S/C30H39N3O5S/c1-20-10-6-7-11-23(20)28(34)31-26-14-15-27(25-13-9-8-12-24(25)26)39(36,37)32-21(2)22-16-18-33(19-17-22)29(35)38-30(3,4)5/h6-15,21-22,28,31-32,34H,16-19H2,1-5H3. The van der Waals surface area contributed by atoms with Gasteiger partial charge in [-0.05, 0) is 71.1 Å². The Labute approximate surface area is 231 Å². The van der Waals surface area contributed by atoms with Gasteiger partial charge < -0.3 is 20.1 Å². The fourth-order valence-corrected chi connectivity index (χ4v) is 6.59. The molecule has 1 amide bonds. The third-order valence-electron chi connectivity index (χ3n) is 7.19. The lowest BCUT2D eigenvalue weighted by molar-refractivity contribution is 0.0174. The van der Waals surface area contributed by atoms with E-state index in [1.165, 1.54) is 0 Å². The molecular formula is C30H39N3O5S. The van der Waals surface area contributed by atoms with E-state index >= 15 is 0 Å². The summed E-state index contributed by atoms with van der Waals surface area (Å²) in [5.74, 6) is 0.0925. The predicted octanol–water partition coefficient (Wildman–Crippen LogP) is 5.57. The number of hydrogen-bond acceptors (Lipinski definition) is 6. The number of aliphatic hydroxyl groups excluding tert-OH is 1. The number of rotatable bonds is 7. The summed E-state index contributed by atoms with van der Waals surface area (Å²) in [7, 11) is -3.84. The number of anilines is 1. The number of hydrogen-bond donors (Lipinski definition) is 3. The molecule has 2 unspecified atom stereocenters. The highest BCUT2D eigenvalue weighted by molar-refractivity contribution is 7.89. The number of ether oxygens (including phenoxy) is 1. The van der Waals surface area contributed by atoms with Crippen molar-refractivity contribution in [1.82, 2.24) is 9.62 Å². The predicted molar refractivity (Wildman–Crippen MR) is 154 cm³/mol. The Hall–Kier alpha value is -3.14. The van der Waals surface area contributed by atoms with Crippen molar-refractivity contribution in [3.8, 4) is 0 Å². The number of nitrogens with one attached hydrogen (secondary N) is 2. The Morgan fingerprint density at radius 1 is 1.00 bits per heavy atom. The maximum atomic E-state index is 13.6. The molecule has 2 atom stereocenters. The molecule has 0 aromatic heterocycles. The van der Waals surface area contributed by atoms with Gasteiger partial charge in [0.2, 0.25) is 10.0 Å². The molecule has 1 aliphatic heterocycles. The molecule has 0 spiro atoms. The number of sulfonamides is 1. The van der Waals surface area contributed by atoms with E-state index in [0.29, 0.717) is 42.4 Å². The number of nitrogens with zero attached hydrogens (tertiary/aromatic N) is 1. The highest BCUT2D eigenvalue weighted by Crippen LogP contribution is 2.32. The summed E-state index contributed by atoms with van der Waals surface area (Å²) in [5, 5.41) is 15.2. The van der Waals surface area contributed by atoms with Gasteiger partial charge in [0.15, 0.2) is 6.23 Å². The fraction of sp³-hybridized carbons (Fsp3) is 0.433. The van der Waals surface area contributed by atoms with Gasteiger partial charge in [-0.3, -0.25) is 0 Å². The van der Waals surface area contributed by atoms with E-state index in [-0.39, 0.29) is 22.9 Å². The highest BCUT2D eigenvalue weighted by Gasteiger charge is 2.31. The quantitative estimate of drug-likeness (QED) is 0.331. The van der Waals surface area contributed by atoms with Crippen LogP contribution in [0.15, 0.2) is 65.6 Å². The summed E-state index contributed by atoms with van der Waals surface area (Å²) in [4.78, 5) is 14.3. The van der Waals surface area contributed by atoms with Gasteiger partial charge in [0, 0.05) is 41.2 Å². The molecule has 1 fully saturated rings. The Morgan fingerprint density at radius 3 is 2.26 bits per heavy atom. The van der Waals surface area contributed by atoms with Crippen molar-refractivity contribution in [2.45, 2.75) is 70.2 Å². The molecule has 0 saturated carbocycles. The average molecular weight is 554 g/mol.